The lowest BCUT2D eigenvalue weighted by atomic mass is 10.0. The summed E-state index contributed by atoms with van der Waals surface area (Å²) in [5, 5.41) is 0. The van der Waals surface area contributed by atoms with Crippen LogP contribution in [0.2, 0.25) is 0 Å². The monoisotopic (exact) mass is 273 g/mol. The van der Waals surface area contributed by atoms with E-state index in [9.17, 15) is 0 Å². The number of nitrogens with two attached hydrogens (primary N) is 1. The molecule has 0 heterocycles. The van der Waals surface area contributed by atoms with Crippen molar-refractivity contribution in [3.8, 4) is 11.5 Å². The maximum atomic E-state index is 5.88. The van der Waals surface area contributed by atoms with Crippen molar-refractivity contribution < 1.29 is 9.47 Å². The van der Waals surface area contributed by atoms with Crippen molar-refractivity contribution in [2.45, 2.75) is 19.9 Å². The average molecular weight is 274 g/mol. The van der Waals surface area contributed by atoms with Crippen molar-refractivity contribution in [3.63, 3.8) is 0 Å². The van der Waals surface area contributed by atoms with Crippen molar-refractivity contribution in [1.82, 2.24) is 0 Å². The van der Waals surface area contributed by atoms with Gasteiger partial charge in [-0.25, -0.2) is 0 Å². The molecule has 1 aromatic rings. The van der Waals surface area contributed by atoms with Crippen LogP contribution in [-0.2, 0) is 0 Å². The first-order valence-electron chi connectivity index (χ1n) is 4.69. The van der Waals surface area contributed by atoms with Gasteiger partial charge in [-0.1, -0.05) is 15.9 Å². The number of hydrogen-bond donors (Lipinski definition) is 1. The molecule has 2 N–H and O–H groups in total. The van der Waals surface area contributed by atoms with Crippen molar-refractivity contribution in [2.75, 3.05) is 14.2 Å². The van der Waals surface area contributed by atoms with Gasteiger partial charge in [0.15, 0.2) is 11.5 Å². The van der Waals surface area contributed by atoms with Gasteiger partial charge < -0.3 is 15.2 Å². The average Bonchev–Trinajstić information content (AvgIpc) is 2.20. The van der Waals surface area contributed by atoms with Crippen LogP contribution in [0.25, 0.3) is 0 Å². The Labute approximate surface area is 98.7 Å². The van der Waals surface area contributed by atoms with E-state index >= 15 is 0 Å². The zero-order valence-electron chi connectivity index (χ0n) is 9.43. The molecular weight excluding hydrogens is 258 g/mol. The Bertz CT molecular complexity index is 364. The van der Waals surface area contributed by atoms with E-state index in [0.29, 0.717) is 5.75 Å². The standard InChI is InChI=1S/C11H16BrNO2/c1-6-9(12)5-8(7(2)13)11(15-4)10(6)14-3/h5,7H,13H2,1-4H3. The smallest absolute Gasteiger partial charge is 0.165 e. The minimum absolute atomic E-state index is 0.0919. The summed E-state index contributed by atoms with van der Waals surface area (Å²) >= 11 is 3.48. The van der Waals surface area contributed by atoms with Gasteiger partial charge in [0.2, 0.25) is 0 Å². The van der Waals surface area contributed by atoms with E-state index in [1.54, 1.807) is 14.2 Å². The molecule has 15 heavy (non-hydrogen) atoms. The largest absolute Gasteiger partial charge is 0.493 e. The maximum Gasteiger partial charge on any atom is 0.165 e. The van der Waals surface area contributed by atoms with Gasteiger partial charge in [-0.3, -0.25) is 0 Å². The molecular formula is C11H16BrNO2. The minimum atomic E-state index is -0.0919. The van der Waals surface area contributed by atoms with E-state index in [4.69, 9.17) is 15.2 Å². The van der Waals surface area contributed by atoms with E-state index < -0.39 is 0 Å². The molecule has 0 radical (unpaired) electrons. The summed E-state index contributed by atoms with van der Waals surface area (Å²) in [5.41, 5.74) is 7.83. The third-order valence-corrected chi connectivity index (χ3v) is 3.17. The summed E-state index contributed by atoms with van der Waals surface area (Å²) in [6, 6.07) is 1.88. The predicted molar refractivity (Wildman–Crippen MR) is 64.6 cm³/mol. The minimum Gasteiger partial charge on any atom is -0.493 e. The van der Waals surface area contributed by atoms with Gasteiger partial charge in [-0.05, 0) is 19.9 Å². The number of methoxy groups -OCH3 is 2. The number of ether oxygens (including phenoxy) is 2. The van der Waals surface area contributed by atoms with Gasteiger partial charge in [-0.2, -0.15) is 0 Å². The van der Waals surface area contributed by atoms with Crippen molar-refractivity contribution in [3.05, 3.63) is 21.7 Å². The number of hydrogen-bond acceptors (Lipinski definition) is 3. The molecule has 0 saturated carbocycles. The van der Waals surface area contributed by atoms with Gasteiger partial charge in [0.25, 0.3) is 0 Å². The summed E-state index contributed by atoms with van der Waals surface area (Å²) in [7, 11) is 3.25. The van der Waals surface area contributed by atoms with E-state index in [2.05, 4.69) is 15.9 Å². The van der Waals surface area contributed by atoms with Crippen LogP contribution >= 0.6 is 15.9 Å². The summed E-state index contributed by atoms with van der Waals surface area (Å²) in [6.07, 6.45) is 0. The van der Waals surface area contributed by atoms with Gasteiger partial charge in [0.05, 0.1) is 14.2 Å². The van der Waals surface area contributed by atoms with E-state index in [0.717, 1.165) is 21.3 Å². The molecule has 1 unspecified atom stereocenters. The Morgan fingerprint density at radius 1 is 1.27 bits per heavy atom. The first kappa shape index (κ1) is 12.3. The van der Waals surface area contributed by atoms with Gasteiger partial charge in [0, 0.05) is 21.6 Å². The summed E-state index contributed by atoms with van der Waals surface area (Å²) in [6.45, 7) is 3.88. The first-order valence-corrected chi connectivity index (χ1v) is 5.48. The van der Waals surface area contributed by atoms with Crippen LogP contribution in [-0.4, -0.2) is 14.2 Å². The highest BCUT2D eigenvalue weighted by atomic mass is 79.9. The van der Waals surface area contributed by atoms with E-state index in [1.807, 2.05) is 19.9 Å². The first-order chi connectivity index (χ1) is 7.02. The SMILES string of the molecule is COc1c(C(C)N)cc(Br)c(C)c1OC. The van der Waals surface area contributed by atoms with Crippen molar-refractivity contribution in [1.29, 1.82) is 0 Å². The summed E-state index contributed by atoms with van der Waals surface area (Å²) < 4.78 is 11.6. The van der Waals surface area contributed by atoms with Gasteiger partial charge in [0.1, 0.15) is 0 Å². The van der Waals surface area contributed by atoms with Crippen LogP contribution in [0.3, 0.4) is 0 Å². The third kappa shape index (κ3) is 2.26. The molecule has 0 spiro atoms. The Kier molecular flexibility index (Phi) is 3.99. The van der Waals surface area contributed by atoms with Crippen LogP contribution in [0.1, 0.15) is 24.1 Å². The normalized spacial score (nSPS) is 12.4. The maximum absolute atomic E-state index is 5.88. The summed E-state index contributed by atoms with van der Waals surface area (Å²) in [5.74, 6) is 1.45. The van der Waals surface area contributed by atoms with Crippen molar-refractivity contribution in [2.24, 2.45) is 5.73 Å². The molecule has 0 fully saturated rings. The molecule has 4 heteroatoms. The lowest BCUT2D eigenvalue weighted by Gasteiger charge is -2.18. The topological polar surface area (TPSA) is 44.5 Å². The molecule has 0 saturated heterocycles. The molecule has 0 aromatic heterocycles. The summed E-state index contributed by atoms with van der Waals surface area (Å²) in [4.78, 5) is 0. The zero-order chi connectivity index (χ0) is 11.6. The Balaban J connectivity index is 3.47. The highest BCUT2D eigenvalue weighted by molar-refractivity contribution is 9.10. The molecule has 1 rings (SSSR count). The molecule has 84 valence electrons. The Morgan fingerprint density at radius 2 is 1.80 bits per heavy atom. The molecule has 1 atom stereocenters. The van der Waals surface area contributed by atoms with Gasteiger partial charge >= 0.3 is 0 Å². The van der Waals surface area contributed by atoms with Crippen LogP contribution in [0.5, 0.6) is 11.5 Å². The van der Waals surface area contributed by atoms with Crippen LogP contribution in [0, 0.1) is 6.92 Å². The van der Waals surface area contributed by atoms with Crippen LogP contribution in [0.4, 0.5) is 0 Å². The second-order valence-electron chi connectivity index (χ2n) is 3.43. The predicted octanol–water partition coefficient (Wildman–Crippen LogP) is 2.79. The number of rotatable bonds is 3. The molecule has 3 nitrogen and oxygen atoms in total. The fourth-order valence-corrected chi connectivity index (χ4v) is 1.94. The molecule has 1 aromatic carbocycles. The second-order valence-corrected chi connectivity index (χ2v) is 4.28. The second kappa shape index (κ2) is 4.86. The molecule has 0 aliphatic rings. The number of halogens is 1. The van der Waals surface area contributed by atoms with E-state index in [1.165, 1.54) is 0 Å². The van der Waals surface area contributed by atoms with Crippen molar-refractivity contribution >= 4 is 15.9 Å². The third-order valence-electron chi connectivity index (χ3n) is 2.35. The molecule has 0 bridgehead atoms. The quantitative estimate of drug-likeness (QED) is 0.921. The molecule has 0 aliphatic heterocycles. The highest BCUT2D eigenvalue weighted by Crippen LogP contribution is 2.40. The van der Waals surface area contributed by atoms with Gasteiger partial charge in [-0.15, -0.1) is 0 Å². The fraction of sp³-hybridized carbons (Fsp3) is 0.455. The Morgan fingerprint density at radius 3 is 2.20 bits per heavy atom. The number of benzene rings is 1. The fourth-order valence-electron chi connectivity index (χ4n) is 1.51. The lowest BCUT2D eigenvalue weighted by Crippen LogP contribution is -2.08. The van der Waals surface area contributed by atoms with Crippen LogP contribution < -0.4 is 15.2 Å². The molecule has 0 amide bonds. The van der Waals surface area contributed by atoms with E-state index in [-0.39, 0.29) is 6.04 Å². The molecule has 0 aliphatic carbocycles. The highest BCUT2D eigenvalue weighted by Gasteiger charge is 2.17. The Hall–Kier alpha value is -0.740. The zero-order valence-corrected chi connectivity index (χ0v) is 11.0. The lowest BCUT2D eigenvalue weighted by molar-refractivity contribution is 0.347. The van der Waals surface area contributed by atoms with Crippen LogP contribution in [0.15, 0.2) is 10.5 Å².